The molecular formula is C24H22N4O4. The molecular weight excluding hydrogens is 408 g/mol. The first-order valence-electron chi connectivity index (χ1n) is 10.5. The molecule has 1 aliphatic heterocycles. The SMILES string of the molecule is Cc1cccc(N2C(=O)[C@H]3C=C[C@H](n4[nH]c(=O)n(Cc5ccccc5)c4=O)C[C@H]3C2=O)c1. The largest absolute Gasteiger partial charge is 0.347 e. The fraction of sp³-hybridized carbons (Fsp3) is 0.250. The fourth-order valence-electron chi connectivity index (χ4n) is 4.57. The van der Waals surface area contributed by atoms with Gasteiger partial charge in [0.05, 0.1) is 30.1 Å². The number of nitrogens with zero attached hydrogens (tertiary/aromatic N) is 3. The number of allylic oxidation sites excluding steroid dienone is 1. The van der Waals surface area contributed by atoms with Gasteiger partial charge in [-0.1, -0.05) is 54.6 Å². The van der Waals surface area contributed by atoms with Gasteiger partial charge in [0.1, 0.15) is 0 Å². The smallest absolute Gasteiger partial charge is 0.274 e. The molecule has 2 aliphatic rings. The van der Waals surface area contributed by atoms with Crippen LogP contribution < -0.4 is 16.3 Å². The van der Waals surface area contributed by atoms with Crippen molar-refractivity contribution in [2.24, 2.45) is 11.8 Å². The standard InChI is InChI=1S/C24H22N4O4/c1-15-6-5-9-17(12-15)27-21(29)19-11-10-18(13-20(19)22(27)30)28-24(32)26(23(31)25-28)14-16-7-3-2-4-8-16/h2-12,18-20H,13-14H2,1H3,(H,25,31)/t18-,19-,20+/m0/s1. The summed E-state index contributed by atoms with van der Waals surface area (Å²) in [5, 5.41) is 2.61. The zero-order valence-corrected chi connectivity index (χ0v) is 17.5. The molecule has 1 saturated heterocycles. The van der Waals surface area contributed by atoms with E-state index in [-0.39, 0.29) is 24.8 Å². The quantitative estimate of drug-likeness (QED) is 0.506. The summed E-state index contributed by atoms with van der Waals surface area (Å²) in [4.78, 5) is 52.7. The summed E-state index contributed by atoms with van der Waals surface area (Å²) in [6.45, 7) is 2.06. The van der Waals surface area contributed by atoms with Crippen LogP contribution in [0, 0.1) is 18.8 Å². The number of benzene rings is 2. The van der Waals surface area contributed by atoms with Crippen LogP contribution >= 0.6 is 0 Å². The highest BCUT2D eigenvalue weighted by molar-refractivity contribution is 6.22. The lowest BCUT2D eigenvalue weighted by molar-refractivity contribution is -0.122. The van der Waals surface area contributed by atoms with Crippen molar-refractivity contribution >= 4 is 17.5 Å². The zero-order chi connectivity index (χ0) is 22.4. The number of hydrogen-bond acceptors (Lipinski definition) is 4. The molecule has 0 spiro atoms. The Morgan fingerprint density at radius 2 is 1.72 bits per heavy atom. The molecule has 1 N–H and O–H groups in total. The summed E-state index contributed by atoms with van der Waals surface area (Å²) in [6.07, 6.45) is 3.68. The van der Waals surface area contributed by atoms with Crippen molar-refractivity contribution in [3.63, 3.8) is 0 Å². The summed E-state index contributed by atoms with van der Waals surface area (Å²) in [7, 11) is 0. The molecule has 0 unspecified atom stereocenters. The van der Waals surface area contributed by atoms with Gasteiger partial charge in [0.2, 0.25) is 11.8 Å². The number of fused-ring (bicyclic) bond motifs is 1. The Morgan fingerprint density at radius 1 is 0.938 bits per heavy atom. The highest BCUT2D eigenvalue weighted by Crippen LogP contribution is 2.39. The first-order valence-corrected chi connectivity index (χ1v) is 10.5. The second-order valence-corrected chi connectivity index (χ2v) is 8.31. The van der Waals surface area contributed by atoms with Gasteiger partial charge in [0.15, 0.2) is 0 Å². The van der Waals surface area contributed by atoms with Gasteiger partial charge in [-0.25, -0.2) is 28.8 Å². The third-order valence-electron chi connectivity index (χ3n) is 6.19. The molecule has 8 nitrogen and oxygen atoms in total. The average Bonchev–Trinajstić information content (AvgIpc) is 3.21. The number of aromatic amines is 1. The number of aromatic nitrogens is 3. The van der Waals surface area contributed by atoms with Crippen molar-refractivity contribution in [2.75, 3.05) is 4.90 Å². The van der Waals surface area contributed by atoms with Gasteiger partial charge in [0, 0.05) is 0 Å². The molecule has 0 radical (unpaired) electrons. The molecule has 1 aromatic heterocycles. The molecule has 2 amide bonds. The molecule has 5 rings (SSSR count). The maximum atomic E-state index is 13.1. The molecule has 0 bridgehead atoms. The van der Waals surface area contributed by atoms with Crippen LogP contribution in [0.3, 0.4) is 0 Å². The molecule has 3 aromatic rings. The Balaban J connectivity index is 1.43. The molecule has 32 heavy (non-hydrogen) atoms. The van der Waals surface area contributed by atoms with Crippen LogP contribution in [0.25, 0.3) is 0 Å². The van der Waals surface area contributed by atoms with Gasteiger partial charge in [-0.3, -0.25) is 9.59 Å². The lowest BCUT2D eigenvalue weighted by Crippen LogP contribution is -2.33. The Labute approximate surface area is 183 Å². The van der Waals surface area contributed by atoms with E-state index in [4.69, 9.17) is 0 Å². The van der Waals surface area contributed by atoms with Crippen LogP contribution in [0.15, 0.2) is 76.3 Å². The predicted octanol–water partition coefficient (Wildman–Crippen LogP) is 2.00. The highest BCUT2D eigenvalue weighted by atomic mass is 16.2. The van der Waals surface area contributed by atoms with E-state index in [0.29, 0.717) is 5.69 Å². The minimum Gasteiger partial charge on any atom is -0.274 e. The van der Waals surface area contributed by atoms with E-state index in [2.05, 4.69) is 5.10 Å². The van der Waals surface area contributed by atoms with Crippen LogP contribution in [-0.2, 0) is 16.1 Å². The van der Waals surface area contributed by atoms with Crippen molar-refractivity contribution in [3.8, 4) is 0 Å². The van der Waals surface area contributed by atoms with Gasteiger partial charge in [-0.2, -0.15) is 0 Å². The zero-order valence-electron chi connectivity index (χ0n) is 17.5. The van der Waals surface area contributed by atoms with Crippen molar-refractivity contribution in [2.45, 2.75) is 25.9 Å². The maximum absolute atomic E-state index is 13.1. The third-order valence-corrected chi connectivity index (χ3v) is 6.19. The number of anilines is 1. The Hall–Kier alpha value is -3.94. The monoisotopic (exact) mass is 430 g/mol. The summed E-state index contributed by atoms with van der Waals surface area (Å²) < 4.78 is 2.39. The molecule has 2 heterocycles. The molecule has 1 fully saturated rings. The van der Waals surface area contributed by atoms with Crippen molar-refractivity contribution in [1.29, 1.82) is 0 Å². The van der Waals surface area contributed by atoms with Crippen molar-refractivity contribution in [3.05, 3.63) is 98.8 Å². The Bertz CT molecular complexity index is 1350. The number of carbonyl (C=O) groups is 2. The lowest BCUT2D eigenvalue weighted by atomic mass is 9.84. The first-order chi connectivity index (χ1) is 15.4. The first kappa shape index (κ1) is 20.0. The van der Waals surface area contributed by atoms with Crippen LogP contribution in [0.1, 0.15) is 23.6 Å². The van der Waals surface area contributed by atoms with E-state index in [0.717, 1.165) is 15.7 Å². The van der Waals surface area contributed by atoms with E-state index in [1.54, 1.807) is 24.3 Å². The fourth-order valence-corrected chi connectivity index (χ4v) is 4.57. The summed E-state index contributed by atoms with van der Waals surface area (Å²) in [5.41, 5.74) is 1.36. The van der Waals surface area contributed by atoms with E-state index in [1.165, 1.54) is 9.58 Å². The molecule has 162 valence electrons. The van der Waals surface area contributed by atoms with Gasteiger partial charge >= 0.3 is 11.4 Å². The minimum absolute atomic E-state index is 0.156. The topological polar surface area (TPSA) is 97.2 Å². The number of nitrogens with one attached hydrogen (secondary N) is 1. The second kappa shape index (κ2) is 7.64. The molecule has 3 atom stereocenters. The predicted molar refractivity (Wildman–Crippen MR) is 118 cm³/mol. The number of aryl methyl sites for hydroxylation is 1. The number of hydrogen-bond donors (Lipinski definition) is 1. The number of carbonyl (C=O) groups excluding carboxylic acids is 2. The van der Waals surface area contributed by atoms with Gasteiger partial charge < -0.3 is 0 Å². The van der Waals surface area contributed by atoms with E-state index in [9.17, 15) is 19.2 Å². The van der Waals surface area contributed by atoms with Crippen molar-refractivity contribution in [1.82, 2.24) is 14.3 Å². The number of rotatable bonds is 4. The number of imide groups is 1. The minimum atomic E-state index is -0.578. The van der Waals surface area contributed by atoms with Crippen LogP contribution in [-0.4, -0.2) is 26.2 Å². The van der Waals surface area contributed by atoms with Gasteiger partial charge in [-0.05, 0) is 36.6 Å². The van der Waals surface area contributed by atoms with Crippen LogP contribution in [0.5, 0.6) is 0 Å². The third kappa shape index (κ3) is 3.24. The summed E-state index contributed by atoms with van der Waals surface area (Å²) in [5.74, 6) is -1.68. The number of H-pyrrole nitrogens is 1. The van der Waals surface area contributed by atoms with Gasteiger partial charge in [0.25, 0.3) is 0 Å². The summed E-state index contributed by atoms with van der Waals surface area (Å²) in [6, 6.07) is 16.0. The molecule has 2 aromatic carbocycles. The summed E-state index contributed by atoms with van der Waals surface area (Å²) >= 11 is 0. The normalized spacial score (nSPS) is 22.4. The van der Waals surface area contributed by atoms with E-state index >= 15 is 0 Å². The van der Waals surface area contributed by atoms with E-state index in [1.807, 2.05) is 49.4 Å². The van der Waals surface area contributed by atoms with Crippen LogP contribution in [0.4, 0.5) is 5.69 Å². The van der Waals surface area contributed by atoms with Crippen LogP contribution in [0.2, 0.25) is 0 Å². The Morgan fingerprint density at radius 3 is 2.47 bits per heavy atom. The lowest BCUT2D eigenvalue weighted by Gasteiger charge is -2.23. The van der Waals surface area contributed by atoms with E-state index < -0.39 is 29.3 Å². The highest BCUT2D eigenvalue weighted by Gasteiger charge is 2.49. The van der Waals surface area contributed by atoms with Gasteiger partial charge in [-0.15, -0.1) is 0 Å². The molecule has 1 aliphatic carbocycles. The molecule has 8 heteroatoms. The van der Waals surface area contributed by atoms with Crippen molar-refractivity contribution < 1.29 is 9.59 Å². The number of amides is 2. The average molecular weight is 430 g/mol. The maximum Gasteiger partial charge on any atom is 0.347 e. The molecule has 0 saturated carbocycles. The second-order valence-electron chi connectivity index (χ2n) is 8.31. The Kier molecular flexibility index (Phi) is 4.77.